The number of hydrogen-bond donors (Lipinski definition) is 3. The van der Waals surface area contributed by atoms with Crippen LogP contribution >= 0.6 is 46.4 Å². The van der Waals surface area contributed by atoms with E-state index in [4.69, 9.17) is 57.9 Å². The molecule has 0 aromatic heterocycles. The molecule has 0 spiro atoms. The predicted molar refractivity (Wildman–Crippen MR) is 123 cm³/mol. The van der Waals surface area contributed by atoms with Gasteiger partial charge in [0.05, 0.1) is 20.7 Å². The van der Waals surface area contributed by atoms with Gasteiger partial charge in [-0.05, 0) is 23.3 Å². The van der Waals surface area contributed by atoms with Gasteiger partial charge in [0.25, 0.3) is 0 Å². The summed E-state index contributed by atoms with van der Waals surface area (Å²) in [5.41, 5.74) is 11.9. The summed E-state index contributed by atoms with van der Waals surface area (Å²) in [6.07, 6.45) is 0. The van der Waals surface area contributed by atoms with Crippen LogP contribution in [0.1, 0.15) is 31.9 Å². The first-order chi connectivity index (χ1) is 13.8. The minimum absolute atomic E-state index is 0.0139. The molecule has 5 N–H and O–H groups in total. The Morgan fingerprint density at radius 1 is 1.03 bits per heavy atom. The number of benzene rings is 2. The predicted octanol–water partition coefficient (Wildman–Crippen LogP) is 5.60. The molecular weight excluding hydrogens is 474 g/mol. The van der Waals surface area contributed by atoms with Crippen molar-refractivity contribution in [3.63, 3.8) is 0 Å². The lowest BCUT2D eigenvalue weighted by Crippen LogP contribution is -2.34. The third-order valence-corrected chi connectivity index (χ3v) is 5.38. The van der Waals surface area contributed by atoms with Crippen molar-refractivity contribution in [2.24, 2.45) is 11.1 Å². The lowest BCUT2D eigenvalue weighted by atomic mass is 9.95. The molecule has 2 aromatic carbocycles. The van der Waals surface area contributed by atoms with Crippen molar-refractivity contribution in [1.29, 1.82) is 0 Å². The Labute approximate surface area is 194 Å². The molecule has 0 radical (unpaired) electrons. The van der Waals surface area contributed by atoms with Crippen LogP contribution in [0.2, 0.25) is 20.1 Å². The second-order valence-corrected chi connectivity index (χ2v) is 8.77. The molecule has 0 saturated carbocycles. The highest BCUT2D eigenvalue weighted by Crippen LogP contribution is 2.34. The smallest absolute Gasteiger partial charge is 0.306 e. The Morgan fingerprint density at radius 2 is 1.57 bits per heavy atom. The van der Waals surface area contributed by atoms with Gasteiger partial charge in [-0.3, -0.25) is 14.9 Å². The van der Waals surface area contributed by atoms with E-state index < -0.39 is 10.3 Å². The maximum Gasteiger partial charge on any atom is 0.306 e. The fourth-order valence-electron chi connectivity index (χ4n) is 2.10. The second kappa shape index (κ2) is 11.0. The van der Waals surface area contributed by atoms with Crippen molar-refractivity contribution >= 4 is 63.7 Å². The van der Waals surface area contributed by atoms with Crippen LogP contribution in [0, 0.1) is 15.5 Å². The van der Waals surface area contributed by atoms with E-state index in [-0.39, 0.29) is 28.2 Å². The molecule has 0 aliphatic rings. The Kier molecular flexibility index (Phi) is 9.65. The number of anilines is 1. The number of nitrogen functional groups attached to an aromatic ring is 1. The molecule has 0 aliphatic carbocycles. The highest BCUT2D eigenvalue weighted by molar-refractivity contribution is 6.39. The molecule has 0 fully saturated rings. The Morgan fingerprint density at radius 3 is 2.07 bits per heavy atom. The highest BCUT2D eigenvalue weighted by Gasteiger charge is 2.21. The molecule has 11 heteroatoms. The van der Waals surface area contributed by atoms with Gasteiger partial charge in [-0.2, -0.15) is 0 Å². The molecule has 1 amide bonds. The van der Waals surface area contributed by atoms with Crippen molar-refractivity contribution < 1.29 is 9.72 Å². The lowest BCUT2D eigenvalue weighted by molar-refractivity contribution is -0.384. The Hall–Kier alpha value is -1.77. The van der Waals surface area contributed by atoms with Crippen LogP contribution in [-0.2, 0) is 17.9 Å². The monoisotopic (exact) mass is 494 g/mol. The van der Waals surface area contributed by atoms with E-state index in [1.165, 1.54) is 6.07 Å². The molecule has 2 aromatic rings. The Balaban J connectivity index is 0.000000311. The van der Waals surface area contributed by atoms with E-state index in [1.54, 1.807) is 18.2 Å². The van der Waals surface area contributed by atoms with Gasteiger partial charge in [-0.25, -0.2) is 0 Å². The number of halogens is 4. The van der Waals surface area contributed by atoms with Crippen LogP contribution in [0.5, 0.6) is 0 Å². The molecule has 0 heterocycles. The van der Waals surface area contributed by atoms with E-state index in [2.05, 4.69) is 5.32 Å². The van der Waals surface area contributed by atoms with Crippen molar-refractivity contribution in [2.75, 3.05) is 5.73 Å². The first-order valence-corrected chi connectivity index (χ1v) is 10.1. The van der Waals surface area contributed by atoms with Gasteiger partial charge in [0, 0.05) is 18.5 Å². The van der Waals surface area contributed by atoms with E-state index in [0.717, 1.165) is 5.56 Å². The van der Waals surface area contributed by atoms with E-state index in [1.807, 2.05) is 20.8 Å². The second-order valence-electron chi connectivity index (χ2n) is 7.20. The third-order valence-electron chi connectivity index (χ3n) is 3.88. The van der Waals surface area contributed by atoms with Crippen LogP contribution < -0.4 is 16.8 Å². The summed E-state index contributed by atoms with van der Waals surface area (Å²) >= 11 is 23.1. The Bertz CT molecular complexity index is 946. The summed E-state index contributed by atoms with van der Waals surface area (Å²) in [4.78, 5) is 21.6. The van der Waals surface area contributed by atoms with Crippen LogP contribution in [-0.4, -0.2) is 10.8 Å². The molecule has 0 aliphatic heterocycles. The standard InChI is InChI=1S/C12H16Cl2N2O.C7H6Cl2N2O2/c1-12(2,3)11(17)16-6-7-4-5-8(13)10(15)9(7)14;8-5-2-1-4(3-10)6(9)7(5)11(12)13/h4-5H,6,15H2,1-3H3,(H,16,17);1-2H,3,10H2. The van der Waals surface area contributed by atoms with Crippen LogP contribution in [0.15, 0.2) is 24.3 Å². The molecule has 0 saturated heterocycles. The molecule has 2 rings (SSSR count). The maximum atomic E-state index is 11.7. The molecule has 30 heavy (non-hydrogen) atoms. The average molecular weight is 496 g/mol. The lowest BCUT2D eigenvalue weighted by Gasteiger charge is -2.18. The van der Waals surface area contributed by atoms with Crippen LogP contribution in [0.25, 0.3) is 0 Å². The summed E-state index contributed by atoms with van der Waals surface area (Å²) in [5.74, 6) is -0.0397. The summed E-state index contributed by atoms with van der Waals surface area (Å²) in [6, 6.07) is 6.40. The number of carbonyl (C=O) groups is 1. The maximum absolute atomic E-state index is 11.7. The highest BCUT2D eigenvalue weighted by atomic mass is 35.5. The fraction of sp³-hybridized carbons (Fsp3) is 0.316. The van der Waals surface area contributed by atoms with Gasteiger partial charge in [0.1, 0.15) is 10.0 Å². The molecule has 0 unspecified atom stereocenters. The van der Waals surface area contributed by atoms with Crippen molar-refractivity contribution in [3.05, 3.63) is 65.6 Å². The zero-order valence-corrected chi connectivity index (χ0v) is 19.6. The van der Waals surface area contributed by atoms with Crippen molar-refractivity contribution in [3.8, 4) is 0 Å². The number of nitrogens with zero attached hydrogens (tertiary/aromatic N) is 1. The number of nitro groups is 1. The molecule has 0 atom stereocenters. The van der Waals surface area contributed by atoms with Crippen LogP contribution in [0.3, 0.4) is 0 Å². The summed E-state index contributed by atoms with van der Waals surface area (Å²) in [7, 11) is 0. The number of rotatable bonds is 4. The number of amides is 1. The largest absolute Gasteiger partial charge is 0.396 e. The number of nitrogens with one attached hydrogen (secondary N) is 1. The number of carbonyl (C=O) groups excluding carboxylic acids is 1. The summed E-state index contributed by atoms with van der Waals surface area (Å²) in [6.45, 7) is 6.04. The zero-order valence-electron chi connectivity index (χ0n) is 16.6. The third kappa shape index (κ3) is 6.89. The SMILES string of the molecule is CC(C)(C)C(=O)NCc1ccc(Cl)c(N)c1Cl.NCc1ccc(Cl)c([N+](=O)[O-])c1Cl. The fourth-order valence-corrected chi connectivity index (χ4v) is 3.12. The quantitative estimate of drug-likeness (QED) is 0.289. The van der Waals surface area contributed by atoms with E-state index in [0.29, 0.717) is 27.8 Å². The van der Waals surface area contributed by atoms with Gasteiger partial charge >= 0.3 is 5.69 Å². The van der Waals surface area contributed by atoms with Crippen molar-refractivity contribution in [1.82, 2.24) is 5.32 Å². The molecular formula is C19H22Cl4N4O3. The number of hydrogen-bond acceptors (Lipinski definition) is 5. The minimum atomic E-state index is -0.621. The molecule has 0 bridgehead atoms. The van der Waals surface area contributed by atoms with Gasteiger partial charge in [-0.15, -0.1) is 0 Å². The first kappa shape index (κ1) is 26.3. The minimum Gasteiger partial charge on any atom is -0.396 e. The number of nitrogens with two attached hydrogens (primary N) is 2. The molecule has 164 valence electrons. The zero-order chi connectivity index (χ0) is 23.2. The topological polar surface area (TPSA) is 124 Å². The summed E-state index contributed by atoms with van der Waals surface area (Å²) in [5, 5.41) is 14.2. The van der Waals surface area contributed by atoms with Crippen molar-refractivity contribution in [2.45, 2.75) is 33.9 Å². The van der Waals surface area contributed by atoms with Crippen LogP contribution in [0.4, 0.5) is 11.4 Å². The van der Waals surface area contributed by atoms with E-state index >= 15 is 0 Å². The molecule has 7 nitrogen and oxygen atoms in total. The normalized spacial score (nSPS) is 10.8. The number of nitro benzene ring substituents is 1. The van der Waals surface area contributed by atoms with Gasteiger partial charge in [0.2, 0.25) is 5.91 Å². The van der Waals surface area contributed by atoms with Gasteiger partial charge in [0.15, 0.2) is 0 Å². The van der Waals surface area contributed by atoms with Gasteiger partial charge in [-0.1, -0.05) is 79.3 Å². The summed E-state index contributed by atoms with van der Waals surface area (Å²) < 4.78 is 0. The average Bonchev–Trinajstić information content (AvgIpc) is 2.65. The van der Waals surface area contributed by atoms with Gasteiger partial charge < -0.3 is 16.8 Å². The first-order valence-electron chi connectivity index (χ1n) is 8.63. The van der Waals surface area contributed by atoms with E-state index in [9.17, 15) is 14.9 Å².